The van der Waals surface area contributed by atoms with Crippen LogP contribution in [0.15, 0.2) is 0 Å². The van der Waals surface area contributed by atoms with Gasteiger partial charge in [-0.3, -0.25) is 0 Å². The number of hydrogen-bond acceptors (Lipinski definition) is 2. The van der Waals surface area contributed by atoms with Crippen LogP contribution >= 0.6 is 11.8 Å². The number of carbonyl (C=O) groups excluding carboxylic acids is 1. The van der Waals surface area contributed by atoms with Crippen molar-refractivity contribution in [2.45, 2.75) is 63.3 Å². The van der Waals surface area contributed by atoms with Gasteiger partial charge < -0.3 is 10.6 Å². The molecule has 17 heavy (non-hydrogen) atoms. The van der Waals surface area contributed by atoms with E-state index in [4.69, 9.17) is 0 Å². The van der Waals surface area contributed by atoms with Gasteiger partial charge in [-0.2, -0.15) is 11.8 Å². The predicted molar refractivity (Wildman–Crippen MR) is 73.4 cm³/mol. The Morgan fingerprint density at radius 2 is 2.24 bits per heavy atom. The fraction of sp³-hybridized carbons (Fsp3) is 0.923. The van der Waals surface area contributed by atoms with Gasteiger partial charge in [-0.05, 0) is 12.3 Å². The maximum atomic E-state index is 11.2. The number of carbonyl (C=O) groups is 1. The SMILES string of the molecule is CCC(C)CCCC[C@@H]1SC[C@@H]2NC(=O)N[C@@H]21. The molecule has 4 atom stereocenters. The van der Waals surface area contributed by atoms with Gasteiger partial charge in [0.05, 0.1) is 12.1 Å². The zero-order valence-corrected chi connectivity index (χ0v) is 11.7. The van der Waals surface area contributed by atoms with Crippen molar-refractivity contribution in [2.75, 3.05) is 5.75 Å². The van der Waals surface area contributed by atoms with Gasteiger partial charge in [0.25, 0.3) is 0 Å². The summed E-state index contributed by atoms with van der Waals surface area (Å²) in [5.74, 6) is 1.95. The van der Waals surface area contributed by atoms with E-state index in [9.17, 15) is 4.79 Å². The van der Waals surface area contributed by atoms with Crippen molar-refractivity contribution in [3.05, 3.63) is 0 Å². The van der Waals surface area contributed by atoms with Gasteiger partial charge >= 0.3 is 6.03 Å². The first kappa shape index (κ1) is 13.1. The maximum absolute atomic E-state index is 11.2. The number of rotatable bonds is 6. The van der Waals surface area contributed by atoms with Crippen molar-refractivity contribution in [3.8, 4) is 0 Å². The number of fused-ring (bicyclic) bond motifs is 1. The fourth-order valence-corrected chi connectivity index (χ4v) is 4.23. The molecule has 2 aliphatic rings. The largest absolute Gasteiger partial charge is 0.332 e. The molecule has 0 bridgehead atoms. The van der Waals surface area contributed by atoms with E-state index in [1.54, 1.807) is 0 Å². The Morgan fingerprint density at radius 1 is 1.41 bits per heavy atom. The monoisotopic (exact) mass is 256 g/mol. The van der Waals surface area contributed by atoms with Crippen LogP contribution in [-0.2, 0) is 0 Å². The molecule has 2 fully saturated rings. The summed E-state index contributed by atoms with van der Waals surface area (Å²) in [6, 6.07) is 0.799. The summed E-state index contributed by atoms with van der Waals surface area (Å²) in [5.41, 5.74) is 0. The van der Waals surface area contributed by atoms with Crippen LogP contribution in [0, 0.1) is 5.92 Å². The molecule has 0 aromatic rings. The first-order valence-electron chi connectivity index (χ1n) is 6.89. The minimum atomic E-state index is 0.0323. The first-order valence-corrected chi connectivity index (χ1v) is 7.94. The summed E-state index contributed by atoms with van der Waals surface area (Å²) < 4.78 is 0. The second-order valence-electron chi connectivity index (χ2n) is 5.42. The topological polar surface area (TPSA) is 41.1 Å². The lowest BCUT2D eigenvalue weighted by Crippen LogP contribution is -2.36. The average molecular weight is 256 g/mol. The Bertz CT molecular complexity index is 272. The van der Waals surface area contributed by atoms with Crippen LogP contribution < -0.4 is 10.6 Å². The van der Waals surface area contributed by atoms with Crippen LogP contribution in [0.1, 0.15) is 46.0 Å². The molecule has 0 spiro atoms. The van der Waals surface area contributed by atoms with Crippen LogP contribution in [0.2, 0.25) is 0 Å². The van der Waals surface area contributed by atoms with Gasteiger partial charge in [0, 0.05) is 11.0 Å². The molecule has 0 aromatic carbocycles. The number of amides is 2. The molecule has 4 heteroatoms. The summed E-state index contributed by atoms with van der Waals surface area (Å²) in [7, 11) is 0. The fourth-order valence-electron chi connectivity index (χ4n) is 2.69. The highest BCUT2D eigenvalue weighted by atomic mass is 32.2. The van der Waals surface area contributed by atoms with Crippen LogP contribution in [0.25, 0.3) is 0 Å². The summed E-state index contributed by atoms with van der Waals surface area (Å²) in [5, 5.41) is 6.68. The van der Waals surface area contributed by atoms with Crippen LogP contribution in [0.3, 0.4) is 0 Å². The molecular formula is C13H24N2OS. The van der Waals surface area contributed by atoms with Crippen molar-refractivity contribution in [1.29, 1.82) is 0 Å². The molecule has 0 aliphatic carbocycles. The Kier molecular flexibility index (Phi) is 4.60. The Balaban J connectivity index is 1.65. The summed E-state index contributed by atoms with van der Waals surface area (Å²) in [6.07, 6.45) is 6.55. The third-order valence-corrected chi connectivity index (χ3v) is 5.58. The normalized spacial score (nSPS) is 33.1. The summed E-state index contributed by atoms with van der Waals surface area (Å²) in [4.78, 5) is 11.2. The number of nitrogens with one attached hydrogen (secondary N) is 2. The van der Waals surface area contributed by atoms with E-state index in [0.717, 1.165) is 11.7 Å². The standard InChI is InChI=1S/C13H24N2OS/c1-3-9(2)6-4-5-7-11-12-10(8-17-11)14-13(16)15-12/h9-12H,3-8H2,1-2H3,(H2,14,15,16)/t9?,10-,11-,12-/m0/s1. The lowest BCUT2D eigenvalue weighted by molar-refractivity contribution is 0.247. The maximum Gasteiger partial charge on any atom is 0.315 e. The smallest absolute Gasteiger partial charge is 0.315 e. The molecule has 2 aliphatic heterocycles. The number of unbranched alkanes of at least 4 members (excludes halogenated alkanes) is 1. The van der Waals surface area contributed by atoms with Crippen LogP contribution in [0.4, 0.5) is 4.79 Å². The lowest BCUT2D eigenvalue weighted by atomic mass is 9.98. The Labute approximate surface area is 108 Å². The number of hydrogen-bond donors (Lipinski definition) is 2. The molecular weight excluding hydrogens is 232 g/mol. The molecule has 2 rings (SSSR count). The number of urea groups is 1. The molecule has 2 amide bonds. The van der Waals surface area contributed by atoms with E-state index in [0.29, 0.717) is 17.3 Å². The van der Waals surface area contributed by atoms with Gasteiger partial charge in [0.1, 0.15) is 0 Å². The van der Waals surface area contributed by atoms with E-state index in [-0.39, 0.29) is 6.03 Å². The highest BCUT2D eigenvalue weighted by Gasteiger charge is 2.42. The van der Waals surface area contributed by atoms with Crippen molar-refractivity contribution in [3.63, 3.8) is 0 Å². The molecule has 0 radical (unpaired) electrons. The summed E-state index contributed by atoms with van der Waals surface area (Å²) >= 11 is 2.02. The third-order valence-electron chi connectivity index (χ3n) is 4.07. The zero-order valence-electron chi connectivity index (χ0n) is 10.9. The second-order valence-corrected chi connectivity index (χ2v) is 6.69. The third kappa shape index (κ3) is 3.30. The number of thioether (sulfide) groups is 1. The lowest BCUT2D eigenvalue weighted by Gasteiger charge is -2.17. The van der Waals surface area contributed by atoms with E-state index in [1.165, 1.54) is 32.1 Å². The van der Waals surface area contributed by atoms with E-state index < -0.39 is 0 Å². The molecule has 2 saturated heterocycles. The average Bonchev–Trinajstić information content (AvgIpc) is 2.84. The Hall–Kier alpha value is -0.380. The minimum Gasteiger partial charge on any atom is -0.332 e. The van der Waals surface area contributed by atoms with Gasteiger partial charge in [-0.15, -0.1) is 0 Å². The van der Waals surface area contributed by atoms with E-state index >= 15 is 0 Å². The van der Waals surface area contributed by atoms with Crippen molar-refractivity contribution < 1.29 is 4.79 Å². The second kappa shape index (κ2) is 5.98. The van der Waals surface area contributed by atoms with Gasteiger partial charge in [0.2, 0.25) is 0 Å². The molecule has 2 heterocycles. The molecule has 2 N–H and O–H groups in total. The van der Waals surface area contributed by atoms with Gasteiger partial charge in [0.15, 0.2) is 0 Å². The van der Waals surface area contributed by atoms with Gasteiger partial charge in [-0.1, -0.05) is 39.5 Å². The van der Waals surface area contributed by atoms with Crippen molar-refractivity contribution in [2.24, 2.45) is 5.92 Å². The molecule has 3 nitrogen and oxygen atoms in total. The Morgan fingerprint density at radius 3 is 3.00 bits per heavy atom. The first-order chi connectivity index (χ1) is 8.20. The molecule has 98 valence electrons. The quantitative estimate of drug-likeness (QED) is 0.567. The zero-order chi connectivity index (χ0) is 12.3. The van der Waals surface area contributed by atoms with Crippen molar-refractivity contribution in [1.82, 2.24) is 10.6 Å². The highest BCUT2D eigenvalue weighted by molar-refractivity contribution is 8.00. The molecule has 0 aromatic heterocycles. The molecule has 1 unspecified atom stereocenters. The molecule has 0 saturated carbocycles. The summed E-state index contributed by atoms with van der Waals surface area (Å²) in [6.45, 7) is 4.60. The van der Waals surface area contributed by atoms with Crippen LogP contribution in [-0.4, -0.2) is 29.1 Å². The van der Waals surface area contributed by atoms with E-state index in [2.05, 4.69) is 24.5 Å². The predicted octanol–water partition coefficient (Wildman–Crippen LogP) is 2.76. The van der Waals surface area contributed by atoms with Crippen molar-refractivity contribution >= 4 is 17.8 Å². The van der Waals surface area contributed by atoms with Gasteiger partial charge in [-0.25, -0.2) is 4.79 Å². The van der Waals surface area contributed by atoms with E-state index in [1.807, 2.05) is 11.8 Å². The minimum absolute atomic E-state index is 0.0323. The van der Waals surface area contributed by atoms with Crippen LogP contribution in [0.5, 0.6) is 0 Å². The highest BCUT2D eigenvalue weighted by Crippen LogP contribution is 2.33.